The summed E-state index contributed by atoms with van der Waals surface area (Å²) in [6, 6.07) is 4.73. The summed E-state index contributed by atoms with van der Waals surface area (Å²) in [7, 11) is 0. The van der Waals surface area contributed by atoms with Gasteiger partial charge in [-0.25, -0.2) is 4.39 Å². The zero-order valence-corrected chi connectivity index (χ0v) is 12.8. The van der Waals surface area contributed by atoms with Gasteiger partial charge in [0.15, 0.2) is 0 Å². The molecule has 1 unspecified atom stereocenters. The van der Waals surface area contributed by atoms with E-state index in [-0.39, 0.29) is 17.8 Å². The summed E-state index contributed by atoms with van der Waals surface area (Å²) in [5.74, 6) is 1.83. The van der Waals surface area contributed by atoms with Gasteiger partial charge in [-0.15, -0.1) is 0 Å². The summed E-state index contributed by atoms with van der Waals surface area (Å²) in [6.45, 7) is 1.38. The fraction of sp³-hybridized carbons (Fsp3) is 0.462. The van der Waals surface area contributed by atoms with E-state index in [1.54, 1.807) is 6.07 Å². The Morgan fingerprint density at radius 2 is 2.42 bits per heavy atom. The van der Waals surface area contributed by atoms with E-state index in [9.17, 15) is 9.18 Å². The lowest BCUT2D eigenvalue weighted by Gasteiger charge is -2.22. The van der Waals surface area contributed by atoms with Gasteiger partial charge in [0, 0.05) is 41.5 Å². The van der Waals surface area contributed by atoms with E-state index in [0.717, 1.165) is 23.6 Å². The van der Waals surface area contributed by atoms with Crippen molar-refractivity contribution in [2.75, 3.05) is 18.1 Å². The first-order valence-corrected chi connectivity index (χ1v) is 8.11. The normalized spacial score (nSPS) is 19.2. The highest BCUT2D eigenvalue weighted by Crippen LogP contribution is 2.18. The van der Waals surface area contributed by atoms with Crippen molar-refractivity contribution < 1.29 is 9.18 Å². The summed E-state index contributed by atoms with van der Waals surface area (Å²) < 4.78 is 13.6. The monoisotopic (exact) mass is 346 g/mol. The molecule has 2 N–H and O–H groups in total. The standard InChI is InChI=1S/C13H16BrFN2OS/c14-12-5-10(15)2-1-9(12)7-17-13(18)6-11-8-19-4-3-16-11/h1-2,5,11,16H,3-4,6-8H2,(H,17,18). The molecule has 1 aromatic carbocycles. The molecule has 3 nitrogen and oxygen atoms in total. The lowest BCUT2D eigenvalue weighted by Crippen LogP contribution is -2.41. The average Bonchev–Trinajstić information content (AvgIpc) is 2.39. The van der Waals surface area contributed by atoms with Crippen molar-refractivity contribution in [3.8, 4) is 0 Å². The first kappa shape index (κ1) is 14.8. The zero-order valence-electron chi connectivity index (χ0n) is 10.4. The molecule has 19 heavy (non-hydrogen) atoms. The lowest BCUT2D eigenvalue weighted by atomic mass is 10.2. The van der Waals surface area contributed by atoms with Crippen molar-refractivity contribution in [2.24, 2.45) is 0 Å². The highest BCUT2D eigenvalue weighted by molar-refractivity contribution is 9.10. The summed E-state index contributed by atoms with van der Waals surface area (Å²) in [6.07, 6.45) is 0.492. The van der Waals surface area contributed by atoms with Crippen molar-refractivity contribution in [2.45, 2.75) is 19.0 Å². The molecule has 104 valence electrons. The minimum Gasteiger partial charge on any atom is -0.352 e. The Morgan fingerprint density at radius 1 is 1.58 bits per heavy atom. The molecule has 1 atom stereocenters. The lowest BCUT2D eigenvalue weighted by molar-refractivity contribution is -0.121. The number of carbonyl (C=O) groups is 1. The Bertz CT molecular complexity index is 452. The van der Waals surface area contributed by atoms with E-state index in [1.165, 1.54) is 12.1 Å². The van der Waals surface area contributed by atoms with E-state index in [0.29, 0.717) is 17.4 Å². The molecule has 1 aliphatic rings. The van der Waals surface area contributed by atoms with Crippen molar-refractivity contribution in [1.82, 2.24) is 10.6 Å². The Hall–Kier alpha value is -0.590. The first-order chi connectivity index (χ1) is 9.15. The number of halogens is 2. The molecule has 2 rings (SSSR count). The second-order valence-corrected chi connectivity index (χ2v) is 6.45. The predicted octanol–water partition coefficient (Wildman–Crippen LogP) is 2.30. The molecular formula is C13H16BrFN2OS. The number of hydrogen-bond acceptors (Lipinski definition) is 3. The second kappa shape index (κ2) is 7.26. The van der Waals surface area contributed by atoms with Crippen LogP contribution in [0.25, 0.3) is 0 Å². The quantitative estimate of drug-likeness (QED) is 0.878. The minimum absolute atomic E-state index is 0.0243. The molecule has 0 bridgehead atoms. The van der Waals surface area contributed by atoms with Gasteiger partial charge in [-0.1, -0.05) is 22.0 Å². The molecule has 0 aromatic heterocycles. The van der Waals surface area contributed by atoms with Crippen LogP contribution in [-0.4, -0.2) is 30.0 Å². The molecule has 1 aliphatic heterocycles. The molecule has 1 fully saturated rings. The molecule has 1 amide bonds. The van der Waals surface area contributed by atoms with Gasteiger partial charge in [0.2, 0.25) is 5.91 Å². The van der Waals surface area contributed by atoms with Crippen molar-refractivity contribution in [3.05, 3.63) is 34.1 Å². The van der Waals surface area contributed by atoms with Crippen LogP contribution >= 0.6 is 27.7 Å². The van der Waals surface area contributed by atoms with Gasteiger partial charge in [0.05, 0.1) is 0 Å². The van der Waals surface area contributed by atoms with Crippen LogP contribution in [0.3, 0.4) is 0 Å². The van der Waals surface area contributed by atoms with Crippen molar-refractivity contribution in [1.29, 1.82) is 0 Å². The van der Waals surface area contributed by atoms with Gasteiger partial charge < -0.3 is 10.6 Å². The number of nitrogens with one attached hydrogen (secondary N) is 2. The van der Waals surface area contributed by atoms with Gasteiger partial charge in [0.1, 0.15) is 5.82 Å². The summed E-state index contributed by atoms with van der Waals surface area (Å²) in [5.41, 5.74) is 0.876. The Morgan fingerprint density at radius 3 is 3.11 bits per heavy atom. The van der Waals surface area contributed by atoms with Crippen LogP contribution < -0.4 is 10.6 Å². The number of hydrogen-bond donors (Lipinski definition) is 2. The first-order valence-electron chi connectivity index (χ1n) is 6.17. The SMILES string of the molecule is O=C(CC1CSCCN1)NCc1ccc(F)cc1Br. The van der Waals surface area contributed by atoms with Crippen LogP contribution in [0.2, 0.25) is 0 Å². The fourth-order valence-corrected chi connectivity index (χ4v) is 3.35. The van der Waals surface area contributed by atoms with Gasteiger partial charge in [-0.05, 0) is 17.7 Å². The molecule has 6 heteroatoms. The molecule has 0 aliphatic carbocycles. The van der Waals surface area contributed by atoms with Crippen LogP contribution in [0.4, 0.5) is 4.39 Å². The number of carbonyl (C=O) groups excluding carboxylic acids is 1. The Kier molecular flexibility index (Phi) is 5.66. The van der Waals surface area contributed by atoms with Gasteiger partial charge in [0.25, 0.3) is 0 Å². The highest BCUT2D eigenvalue weighted by atomic mass is 79.9. The van der Waals surface area contributed by atoms with Gasteiger partial charge in [-0.2, -0.15) is 11.8 Å². The van der Waals surface area contributed by atoms with Crippen molar-refractivity contribution in [3.63, 3.8) is 0 Å². The van der Waals surface area contributed by atoms with Crippen molar-refractivity contribution >= 4 is 33.6 Å². The van der Waals surface area contributed by atoms with E-state index < -0.39 is 0 Å². The molecule has 0 saturated carbocycles. The van der Waals surface area contributed by atoms with E-state index in [1.807, 2.05) is 11.8 Å². The highest BCUT2D eigenvalue weighted by Gasteiger charge is 2.16. The van der Waals surface area contributed by atoms with Gasteiger partial charge >= 0.3 is 0 Å². The minimum atomic E-state index is -0.287. The number of thioether (sulfide) groups is 1. The summed E-state index contributed by atoms with van der Waals surface area (Å²) >= 11 is 5.16. The molecule has 0 radical (unpaired) electrons. The fourth-order valence-electron chi connectivity index (χ4n) is 1.91. The zero-order chi connectivity index (χ0) is 13.7. The smallest absolute Gasteiger partial charge is 0.221 e. The number of rotatable bonds is 4. The third-order valence-corrected chi connectivity index (χ3v) is 4.79. The number of amides is 1. The topological polar surface area (TPSA) is 41.1 Å². The van der Waals surface area contributed by atoms with E-state index in [4.69, 9.17) is 0 Å². The maximum atomic E-state index is 12.9. The third kappa shape index (κ3) is 4.78. The van der Waals surface area contributed by atoms with Crippen LogP contribution in [-0.2, 0) is 11.3 Å². The van der Waals surface area contributed by atoms with Crippen LogP contribution in [0.1, 0.15) is 12.0 Å². The Labute approximate surface area is 124 Å². The molecular weight excluding hydrogens is 331 g/mol. The average molecular weight is 347 g/mol. The maximum absolute atomic E-state index is 12.9. The molecule has 1 aromatic rings. The summed E-state index contributed by atoms with van der Waals surface area (Å²) in [4.78, 5) is 11.8. The number of benzene rings is 1. The third-order valence-electron chi connectivity index (χ3n) is 2.92. The molecule has 0 spiro atoms. The van der Waals surface area contributed by atoms with E-state index in [2.05, 4.69) is 26.6 Å². The molecule has 1 saturated heterocycles. The summed E-state index contributed by atoms with van der Waals surface area (Å²) in [5, 5.41) is 6.19. The maximum Gasteiger partial charge on any atom is 0.221 e. The largest absolute Gasteiger partial charge is 0.352 e. The van der Waals surface area contributed by atoms with Crippen LogP contribution in [0, 0.1) is 5.82 Å². The van der Waals surface area contributed by atoms with Gasteiger partial charge in [-0.3, -0.25) is 4.79 Å². The molecule has 1 heterocycles. The van der Waals surface area contributed by atoms with Crippen LogP contribution in [0.5, 0.6) is 0 Å². The second-order valence-electron chi connectivity index (χ2n) is 4.44. The van der Waals surface area contributed by atoms with E-state index >= 15 is 0 Å². The van der Waals surface area contributed by atoms with Crippen LogP contribution in [0.15, 0.2) is 22.7 Å². The predicted molar refractivity (Wildman–Crippen MR) is 79.7 cm³/mol. The Balaban J connectivity index is 1.79.